The Morgan fingerprint density at radius 3 is 1.21 bits per heavy atom. The first-order valence-corrected chi connectivity index (χ1v) is 15.2. The molecule has 0 unspecified atom stereocenters. The molecule has 3 rings (SSSR count). The first-order valence-electron chi connectivity index (χ1n) is 15.2. The summed E-state index contributed by atoms with van der Waals surface area (Å²) >= 11 is 0. The van der Waals surface area contributed by atoms with Gasteiger partial charge in [0.1, 0.15) is 18.3 Å². The topological polar surface area (TPSA) is 121 Å². The molecule has 42 heavy (non-hydrogen) atoms. The second-order valence-electron chi connectivity index (χ2n) is 16.6. The lowest BCUT2D eigenvalue weighted by Crippen LogP contribution is -2.62. The molecule has 3 heterocycles. The van der Waals surface area contributed by atoms with E-state index in [1.54, 1.807) is 0 Å². The van der Waals surface area contributed by atoms with Gasteiger partial charge >= 0.3 is 18.3 Å². The fraction of sp³-hybridized carbons (Fsp3) is 0.903. The number of nitrogens with zero attached hydrogens (tertiary/aromatic N) is 3. The minimum Gasteiger partial charge on any atom is -0.445 e. The summed E-state index contributed by atoms with van der Waals surface area (Å²) in [6, 6.07) is 0. The number of carbonyl (C=O) groups is 3. The lowest BCUT2D eigenvalue weighted by molar-refractivity contribution is -0.257. The third kappa shape index (κ3) is 7.76. The van der Waals surface area contributed by atoms with Gasteiger partial charge in [-0.25, -0.2) is 14.4 Å². The minimum atomic E-state index is -1.13. The molecule has 0 aromatic carbocycles. The van der Waals surface area contributed by atoms with Gasteiger partial charge in [0, 0.05) is 71.8 Å². The molecular weight excluding hydrogens is 540 g/mol. The first-order chi connectivity index (χ1) is 18.8. The van der Waals surface area contributed by atoms with Crippen molar-refractivity contribution in [1.82, 2.24) is 20.2 Å². The molecule has 3 aliphatic rings. The van der Waals surface area contributed by atoms with Crippen molar-refractivity contribution in [2.24, 2.45) is 0 Å². The molecule has 0 spiro atoms. The Kier molecular flexibility index (Phi) is 9.21. The van der Waals surface area contributed by atoms with Crippen LogP contribution in [0, 0.1) is 0 Å². The Hall–Kier alpha value is -1.95. The average Bonchev–Trinajstić information content (AvgIpc) is 2.72. The Morgan fingerprint density at radius 2 is 0.881 bits per heavy atom. The van der Waals surface area contributed by atoms with Crippen molar-refractivity contribution in [1.29, 1.82) is 0 Å². The third-order valence-electron chi connectivity index (χ3n) is 9.37. The summed E-state index contributed by atoms with van der Waals surface area (Å²) in [6.07, 6.45) is -2.32. The molecule has 0 bridgehead atoms. The normalized spacial score (nSPS) is 27.6. The van der Waals surface area contributed by atoms with Crippen LogP contribution in [0.2, 0.25) is 0 Å². The Bertz CT molecular complexity index is 944. The van der Waals surface area contributed by atoms with Crippen LogP contribution in [0.25, 0.3) is 0 Å². The molecule has 0 saturated carbocycles. The van der Waals surface area contributed by atoms with E-state index >= 15 is 0 Å². The van der Waals surface area contributed by atoms with Crippen LogP contribution in [0.5, 0.6) is 0 Å². The summed E-state index contributed by atoms with van der Waals surface area (Å²) in [5.41, 5.74) is -2.59. The van der Waals surface area contributed by atoms with E-state index in [1.807, 2.05) is 62.4 Å². The number of nitrogens with one attached hydrogen (secondary N) is 1. The van der Waals surface area contributed by atoms with Crippen molar-refractivity contribution in [2.75, 3.05) is 7.05 Å². The number of ether oxygens (including phenoxy) is 3. The van der Waals surface area contributed by atoms with Gasteiger partial charge in [0.25, 0.3) is 0 Å². The van der Waals surface area contributed by atoms with Gasteiger partial charge in [-0.2, -0.15) is 5.06 Å². The van der Waals surface area contributed by atoms with Crippen LogP contribution >= 0.6 is 0 Å². The number of carbonyl (C=O) groups excluding carboxylic acids is 3. The van der Waals surface area contributed by atoms with E-state index in [4.69, 9.17) is 14.2 Å². The van der Waals surface area contributed by atoms with Gasteiger partial charge in [0.15, 0.2) is 0 Å². The highest BCUT2D eigenvalue weighted by molar-refractivity contribution is 6.04. The monoisotopic (exact) mass is 596 g/mol. The van der Waals surface area contributed by atoms with Crippen LogP contribution in [0.15, 0.2) is 0 Å². The van der Waals surface area contributed by atoms with E-state index in [0.717, 1.165) is 0 Å². The van der Waals surface area contributed by atoms with E-state index in [-0.39, 0.29) is 22.2 Å². The largest absolute Gasteiger partial charge is 0.445 e. The second kappa shape index (κ2) is 11.2. The van der Waals surface area contributed by atoms with E-state index in [0.29, 0.717) is 43.4 Å². The van der Waals surface area contributed by atoms with Gasteiger partial charge in [-0.3, -0.25) is 4.90 Å². The maximum atomic E-state index is 13.7. The highest BCUT2D eigenvalue weighted by Gasteiger charge is 2.49. The molecule has 0 aliphatic carbocycles. The molecule has 3 fully saturated rings. The van der Waals surface area contributed by atoms with Crippen LogP contribution in [-0.2, 0) is 14.2 Å². The zero-order chi connectivity index (χ0) is 32.3. The quantitative estimate of drug-likeness (QED) is 0.371. The lowest BCUT2D eigenvalue weighted by atomic mass is 9.79. The number of hydrogen-bond donors (Lipinski definition) is 2. The smallest absolute Gasteiger partial charge is 0.429 e. The lowest BCUT2D eigenvalue weighted by Gasteiger charge is -2.53. The summed E-state index contributed by atoms with van der Waals surface area (Å²) in [5.74, 6) is 0. The molecule has 3 saturated heterocycles. The van der Waals surface area contributed by atoms with Crippen molar-refractivity contribution >= 4 is 18.3 Å². The fourth-order valence-corrected chi connectivity index (χ4v) is 7.75. The molecule has 0 aromatic rings. The molecular formula is C31H56N4O7. The summed E-state index contributed by atoms with van der Waals surface area (Å²) in [4.78, 5) is 43.6. The zero-order valence-electron chi connectivity index (χ0n) is 28.2. The molecule has 11 heteroatoms. The van der Waals surface area contributed by atoms with Crippen molar-refractivity contribution in [3.8, 4) is 0 Å². The standard InChI is InChI=1S/C31H56N4O7/c1-26(2)14-20(15-27(3,4)32-26)40-23(36)34(24(37)41-21-16-28(5,6)33(13)29(7,8)17-21)25(38)42-22-18-30(9,10)35(39)31(11,12)19-22/h20-22,32,39H,14-19H2,1-13H3. The van der Waals surface area contributed by atoms with Gasteiger partial charge in [-0.05, 0) is 90.1 Å². The highest BCUT2D eigenvalue weighted by atomic mass is 16.6. The predicted octanol–water partition coefficient (Wildman–Crippen LogP) is 6.07. The number of imide groups is 3. The number of amides is 3. The Balaban J connectivity index is 1.85. The molecule has 3 aliphatic heterocycles. The van der Waals surface area contributed by atoms with Gasteiger partial charge < -0.3 is 24.7 Å². The first kappa shape index (κ1) is 34.5. The zero-order valence-corrected chi connectivity index (χ0v) is 28.2. The maximum absolute atomic E-state index is 13.7. The van der Waals surface area contributed by atoms with E-state index in [9.17, 15) is 19.6 Å². The molecule has 242 valence electrons. The van der Waals surface area contributed by atoms with Gasteiger partial charge in [0.05, 0.1) is 0 Å². The van der Waals surface area contributed by atoms with E-state index in [1.165, 1.54) is 5.06 Å². The van der Waals surface area contributed by atoms with Crippen LogP contribution < -0.4 is 5.32 Å². The van der Waals surface area contributed by atoms with Gasteiger partial charge in [-0.15, -0.1) is 4.90 Å². The Labute approximate surface area is 252 Å². The number of rotatable bonds is 3. The number of likely N-dealkylation sites (tertiary alicyclic amines) is 1. The van der Waals surface area contributed by atoms with Crippen LogP contribution in [0.3, 0.4) is 0 Å². The predicted molar refractivity (Wildman–Crippen MR) is 159 cm³/mol. The fourth-order valence-electron chi connectivity index (χ4n) is 7.75. The van der Waals surface area contributed by atoms with Gasteiger partial charge in [0.2, 0.25) is 0 Å². The third-order valence-corrected chi connectivity index (χ3v) is 9.37. The van der Waals surface area contributed by atoms with Crippen molar-refractivity contribution < 1.29 is 33.8 Å². The molecule has 3 amide bonds. The summed E-state index contributed by atoms with van der Waals surface area (Å²) in [7, 11) is 2.04. The minimum absolute atomic E-state index is 0.278. The average molecular weight is 597 g/mol. The van der Waals surface area contributed by atoms with Crippen LogP contribution in [-0.4, -0.2) is 96.9 Å². The van der Waals surface area contributed by atoms with E-state index in [2.05, 4.69) is 37.9 Å². The number of piperidine rings is 3. The Morgan fingerprint density at radius 1 is 0.595 bits per heavy atom. The molecule has 11 nitrogen and oxygen atoms in total. The van der Waals surface area contributed by atoms with Gasteiger partial charge in [-0.1, -0.05) is 0 Å². The molecule has 0 aromatic heterocycles. The maximum Gasteiger partial charge on any atom is 0.429 e. The number of hydroxylamine groups is 2. The second-order valence-corrected chi connectivity index (χ2v) is 16.6. The van der Waals surface area contributed by atoms with Crippen molar-refractivity contribution in [2.45, 2.75) is 173 Å². The molecule has 0 atom stereocenters. The molecule has 2 N–H and O–H groups in total. The van der Waals surface area contributed by atoms with E-state index < -0.39 is 47.7 Å². The van der Waals surface area contributed by atoms with Crippen molar-refractivity contribution in [3.05, 3.63) is 0 Å². The summed E-state index contributed by atoms with van der Waals surface area (Å²) < 4.78 is 17.5. The number of hydrogen-bond acceptors (Lipinski definition) is 10. The summed E-state index contributed by atoms with van der Waals surface area (Å²) in [5, 5.41) is 15.5. The van der Waals surface area contributed by atoms with Crippen molar-refractivity contribution in [3.63, 3.8) is 0 Å². The van der Waals surface area contributed by atoms with Crippen LogP contribution in [0.1, 0.15) is 122 Å². The molecule has 0 radical (unpaired) electrons. The highest BCUT2D eigenvalue weighted by Crippen LogP contribution is 2.40. The SMILES string of the molecule is CN1C(C)(C)CC(OC(=O)N(C(=O)OC2CC(C)(C)NC(C)(C)C2)C(=O)OC2CC(C)(C)N(O)C(C)(C)C2)CC1(C)C. The van der Waals surface area contributed by atoms with Crippen LogP contribution in [0.4, 0.5) is 14.4 Å². The summed E-state index contributed by atoms with van der Waals surface area (Å²) in [6.45, 7) is 23.8.